The maximum atomic E-state index is 12.1. The Balaban J connectivity index is 1.62. The van der Waals surface area contributed by atoms with Crippen molar-refractivity contribution >= 4 is 5.91 Å². The van der Waals surface area contributed by atoms with Gasteiger partial charge in [0.2, 0.25) is 5.91 Å². The minimum absolute atomic E-state index is 0.293. The Morgan fingerprint density at radius 2 is 1.72 bits per heavy atom. The molecule has 0 spiro atoms. The van der Waals surface area contributed by atoms with E-state index in [1.54, 1.807) is 0 Å². The molecule has 3 heteroatoms. The fraction of sp³-hybridized carbons (Fsp3) is 0.933. The van der Waals surface area contributed by atoms with Crippen LogP contribution in [0.3, 0.4) is 0 Å². The first-order valence-corrected chi connectivity index (χ1v) is 7.87. The third-order valence-corrected chi connectivity index (χ3v) is 4.43. The van der Waals surface area contributed by atoms with Crippen LogP contribution in [0.15, 0.2) is 0 Å². The van der Waals surface area contributed by atoms with E-state index in [1.165, 1.54) is 44.9 Å². The largest absolute Gasteiger partial charge is 0.356 e. The molecule has 104 valence electrons. The van der Waals surface area contributed by atoms with Crippen LogP contribution in [0.2, 0.25) is 0 Å². The minimum Gasteiger partial charge on any atom is -0.356 e. The molecule has 1 aliphatic heterocycles. The van der Waals surface area contributed by atoms with E-state index in [-0.39, 0.29) is 0 Å². The summed E-state index contributed by atoms with van der Waals surface area (Å²) in [6.45, 7) is 2.01. The molecular weight excluding hydrogens is 224 g/mol. The highest BCUT2D eigenvalue weighted by Crippen LogP contribution is 2.22. The van der Waals surface area contributed by atoms with Gasteiger partial charge in [0, 0.05) is 18.5 Å². The van der Waals surface area contributed by atoms with E-state index in [4.69, 9.17) is 0 Å². The molecule has 3 nitrogen and oxygen atoms in total. The maximum Gasteiger partial charge on any atom is 0.223 e. The van der Waals surface area contributed by atoms with Gasteiger partial charge in [-0.05, 0) is 38.6 Å². The molecule has 0 aromatic rings. The zero-order valence-electron chi connectivity index (χ0n) is 11.5. The summed E-state index contributed by atoms with van der Waals surface area (Å²) in [7, 11) is 0. The first kappa shape index (κ1) is 13.9. The lowest BCUT2D eigenvalue weighted by Crippen LogP contribution is -2.34. The summed E-state index contributed by atoms with van der Waals surface area (Å²) in [6, 6.07) is 0.641. The molecule has 0 aromatic heterocycles. The van der Waals surface area contributed by atoms with Crippen LogP contribution >= 0.6 is 0 Å². The first-order chi connectivity index (χ1) is 8.86. The summed E-state index contributed by atoms with van der Waals surface area (Å²) >= 11 is 0. The van der Waals surface area contributed by atoms with E-state index in [2.05, 4.69) is 10.6 Å². The first-order valence-electron chi connectivity index (χ1n) is 7.87. The lowest BCUT2D eigenvalue weighted by molar-refractivity contribution is -0.125. The Kier molecular flexibility index (Phi) is 5.98. The van der Waals surface area contributed by atoms with Gasteiger partial charge in [0.25, 0.3) is 0 Å². The second-order valence-electron chi connectivity index (χ2n) is 5.92. The second kappa shape index (κ2) is 7.78. The highest BCUT2D eigenvalue weighted by Gasteiger charge is 2.19. The van der Waals surface area contributed by atoms with Crippen molar-refractivity contribution in [1.82, 2.24) is 10.6 Å². The average Bonchev–Trinajstić information content (AvgIpc) is 2.81. The summed E-state index contributed by atoms with van der Waals surface area (Å²) in [5.41, 5.74) is 0. The van der Waals surface area contributed by atoms with Gasteiger partial charge in [-0.15, -0.1) is 0 Å². The fourth-order valence-electron chi connectivity index (χ4n) is 3.24. The average molecular weight is 252 g/mol. The SMILES string of the molecule is O=C(NCC[C@H]1CCCN1)C1CCCCCCC1. The number of carbonyl (C=O) groups is 1. The topological polar surface area (TPSA) is 41.1 Å². The molecule has 0 aromatic carbocycles. The molecule has 2 N–H and O–H groups in total. The molecule has 1 atom stereocenters. The van der Waals surface area contributed by atoms with Crippen LogP contribution in [-0.2, 0) is 4.79 Å². The Morgan fingerprint density at radius 1 is 1.00 bits per heavy atom. The Labute approximate surface area is 111 Å². The van der Waals surface area contributed by atoms with Gasteiger partial charge < -0.3 is 10.6 Å². The van der Waals surface area contributed by atoms with Gasteiger partial charge in [0.15, 0.2) is 0 Å². The van der Waals surface area contributed by atoms with E-state index < -0.39 is 0 Å². The van der Waals surface area contributed by atoms with E-state index in [0.717, 1.165) is 32.4 Å². The van der Waals surface area contributed by atoms with Crippen LogP contribution in [0.4, 0.5) is 0 Å². The van der Waals surface area contributed by atoms with Gasteiger partial charge in [0.05, 0.1) is 0 Å². The number of rotatable bonds is 4. The molecular formula is C15H28N2O. The molecule has 0 unspecified atom stereocenters. The second-order valence-corrected chi connectivity index (χ2v) is 5.92. The summed E-state index contributed by atoms with van der Waals surface area (Å²) in [5, 5.41) is 6.63. The summed E-state index contributed by atoms with van der Waals surface area (Å²) in [5.74, 6) is 0.608. The molecule has 2 fully saturated rings. The van der Waals surface area contributed by atoms with Crippen molar-refractivity contribution in [2.75, 3.05) is 13.1 Å². The summed E-state index contributed by atoms with van der Waals surface area (Å²) in [4.78, 5) is 12.1. The number of carbonyl (C=O) groups excluding carboxylic acids is 1. The number of hydrogen-bond donors (Lipinski definition) is 2. The van der Waals surface area contributed by atoms with Gasteiger partial charge in [-0.1, -0.05) is 32.1 Å². The quantitative estimate of drug-likeness (QED) is 0.807. The summed E-state index contributed by atoms with van der Waals surface area (Å²) in [6.07, 6.45) is 12.3. The number of hydrogen-bond acceptors (Lipinski definition) is 2. The molecule has 1 saturated heterocycles. The zero-order chi connectivity index (χ0) is 12.6. The molecule has 2 aliphatic rings. The van der Waals surface area contributed by atoms with E-state index in [0.29, 0.717) is 17.9 Å². The van der Waals surface area contributed by atoms with Gasteiger partial charge in [-0.25, -0.2) is 0 Å². The monoisotopic (exact) mass is 252 g/mol. The molecule has 2 rings (SSSR count). The van der Waals surface area contributed by atoms with Crippen LogP contribution < -0.4 is 10.6 Å². The lowest BCUT2D eigenvalue weighted by atomic mass is 9.90. The van der Waals surface area contributed by atoms with E-state index in [1.807, 2.05) is 0 Å². The number of amides is 1. The number of nitrogens with one attached hydrogen (secondary N) is 2. The highest BCUT2D eigenvalue weighted by atomic mass is 16.1. The fourth-order valence-corrected chi connectivity index (χ4v) is 3.24. The molecule has 1 saturated carbocycles. The predicted molar refractivity (Wildman–Crippen MR) is 74.5 cm³/mol. The van der Waals surface area contributed by atoms with Crippen LogP contribution in [-0.4, -0.2) is 25.0 Å². The predicted octanol–water partition coefficient (Wildman–Crippen LogP) is 2.61. The van der Waals surface area contributed by atoms with Crippen molar-refractivity contribution in [1.29, 1.82) is 0 Å². The Hall–Kier alpha value is -0.570. The van der Waals surface area contributed by atoms with Crippen molar-refractivity contribution < 1.29 is 4.79 Å². The lowest BCUT2D eigenvalue weighted by Gasteiger charge is -2.19. The Bertz CT molecular complexity index is 241. The summed E-state index contributed by atoms with van der Waals surface area (Å²) < 4.78 is 0. The molecule has 0 radical (unpaired) electrons. The minimum atomic E-state index is 0.293. The van der Waals surface area contributed by atoms with Crippen molar-refractivity contribution in [2.45, 2.75) is 70.3 Å². The normalized spacial score (nSPS) is 26.6. The van der Waals surface area contributed by atoms with Crippen molar-refractivity contribution in [3.8, 4) is 0 Å². The van der Waals surface area contributed by atoms with Gasteiger partial charge in [-0.2, -0.15) is 0 Å². The smallest absolute Gasteiger partial charge is 0.223 e. The van der Waals surface area contributed by atoms with Crippen LogP contribution in [0.5, 0.6) is 0 Å². The molecule has 0 bridgehead atoms. The van der Waals surface area contributed by atoms with Crippen LogP contribution in [0.25, 0.3) is 0 Å². The third-order valence-electron chi connectivity index (χ3n) is 4.43. The molecule has 1 aliphatic carbocycles. The van der Waals surface area contributed by atoms with E-state index in [9.17, 15) is 4.79 Å². The molecule has 1 amide bonds. The van der Waals surface area contributed by atoms with Crippen LogP contribution in [0.1, 0.15) is 64.2 Å². The van der Waals surface area contributed by atoms with Crippen molar-refractivity contribution in [2.24, 2.45) is 5.92 Å². The van der Waals surface area contributed by atoms with Crippen molar-refractivity contribution in [3.05, 3.63) is 0 Å². The van der Waals surface area contributed by atoms with Crippen LogP contribution in [0, 0.1) is 5.92 Å². The zero-order valence-corrected chi connectivity index (χ0v) is 11.5. The standard InChI is InChI=1S/C15H28N2O/c18-15(13-7-4-2-1-3-5-8-13)17-12-10-14-9-6-11-16-14/h13-14,16H,1-12H2,(H,17,18)/t14-/m1/s1. The highest BCUT2D eigenvalue weighted by molar-refractivity contribution is 5.78. The molecule has 18 heavy (non-hydrogen) atoms. The van der Waals surface area contributed by atoms with Crippen molar-refractivity contribution in [3.63, 3.8) is 0 Å². The van der Waals surface area contributed by atoms with Gasteiger partial charge >= 0.3 is 0 Å². The maximum absolute atomic E-state index is 12.1. The third kappa shape index (κ3) is 4.60. The van der Waals surface area contributed by atoms with E-state index >= 15 is 0 Å². The Morgan fingerprint density at radius 3 is 2.39 bits per heavy atom. The van der Waals surface area contributed by atoms with Gasteiger partial charge in [0.1, 0.15) is 0 Å². The molecule has 1 heterocycles. The van der Waals surface area contributed by atoms with Gasteiger partial charge in [-0.3, -0.25) is 4.79 Å².